The zero-order valence-electron chi connectivity index (χ0n) is 22.7. The van der Waals surface area contributed by atoms with E-state index in [4.69, 9.17) is 5.11 Å². The van der Waals surface area contributed by atoms with Gasteiger partial charge in [-0.1, -0.05) is 61.5 Å². The minimum Gasteiger partial charge on any atom is -0.478 e. The molecule has 4 aromatic carbocycles. The van der Waals surface area contributed by atoms with E-state index in [-0.39, 0.29) is 17.2 Å². The van der Waals surface area contributed by atoms with Crippen molar-refractivity contribution >= 4 is 52.9 Å². The zero-order chi connectivity index (χ0) is 29.9. The molecule has 0 aliphatic carbocycles. The van der Waals surface area contributed by atoms with E-state index >= 15 is 0 Å². The number of hydrogen-bond acceptors (Lipinski definition) is 5. The number of carboxylic acid groups (broad SMARTS) is 1. The second kappa shape index (κ2) is 14.5. The van der Waals surface area contributed by atoms with Gasteiger partial charge < -0.3 is 21.1 Å². The maximum Gasteiger partial charge on any atom is 0.335 e. The number of benzene rings is 4. The number of hydrogen-bond donors (Lipinski definition) is 4. The molecule has 1 unspecified atom stereocenters. The Bertz CT molecular complexity index is 1590. The van der Waals surface area contributed by atoms with Crippen molar-refractivity contribution < 1.29 is 24.3 Å². The first-order chi connectivity index (χ1) is 20.3. The number of nitrogens with one attached hydrogen (secondary N) is 3. The summed E-state index contributed by atoms with van der Waals surface area (Å²) in [4.78, 5) is 51.0. The van der Waals surface area contributed by atoms with Gasteiger partial charge in [0.05, 0.1) is 10.8 Å². The molecular weight excluding hydrogens is 550 g/mol. The molecule has 0 aliphatic heterocycles. The van der Waals surface area contributed by atoms with E-state index in [2.05, 4.69) is 16.0 Å². The van der Waals surface area contributed by atoms with Gasteiger partial charge in [0.1, 0.15) is 5.70 Å². The molecule has 212 valence electrons. The fraction of sp³-hybridized carbons (Fsp3) is 0.0909. The van der Waals surface area contributed by atoms with Gasteiger partial charge >= 0.3 is 5.97 Å². The fourth-order valence-electron chi connectivity index (χ4n) is 3.91. The third kappa shape index (κ3) is 8.42. The highest BCUT2D eigenvalue weighted by atomic mass is 32.2. The highest BCUT2D eigenvalue weighted by Gasteiger charge is 2.19. The van der Waals surface area contributed by atoms with E-state index in [0.717, 1.165) is 10.5 Å². The van der Waals surface area contributed by atoms with Crippen LogP contribution in [0.2, 0.25) is 0 Å². The van der Waals surface area contributed by atoms with Gasteiger partial charge in [-0.15, -0.1) is 11.8 Å². The highest BCUT2D eigenvalue weighted by Crippen LogP contribution is 2.29. The number of amides is 3. The van der Waals surface area contributed by atoms with Crippen molar-refractivity contribution in [3.05, 3.63) is 132 Å². The summed E-state index contributed by atoms with van der Waals surface area (Å²) < 4.78 is 0. The zero-order valence-corrected chi connectivity index (χ0v) is 23.6. The van der Waals surface area contributed by atoms with Crippen LogP contribution in [0.1, 0.15) is 39.6 Å². The van der Waals surface area contributed by atoms with Crippen LogP contribution in [0.25, 0.3) is 6.08 Å². The molecule has 0 bridgehead atoms. The Hall–Kier alpha value is -5.15. The Kier molecular flexibility index (Phi) is 10.3. The number of anilines is 2. The Labute approximate surface area is 247 Å². The van der Waals surface area contributed by atoms with E-state index in [1.807, 2.05) is 43.3 Å². The Morgan fingerprint density at radius 1 is 0.762 bits per heavy atom. The van der Waals surface area contributed by atoms with E-state index < -0.39 is 23.0 Å². The van der Waals surface area contributed by atoms with E-state index in [1.54, 1.807) is 66.7 Å². The molecule has 4 N–H and O–H groups in total. The van der Waals surface area contributed by atoms with E-state index in [9.17, 15) is 19.2 Å². The molecule has 9 heteroatoms. The minimum absolute atomic E-state index is 0.0767. The van der Waals surface area contributed by atoms with Crippen molar-refractivity contribution in [2.24, 2.45) is 0 Å². The SMILES string of the molecule is CCC(Sc1cccc(NC(=O)/C(=C/c2ccccc2)NC(=O)c2ccccc2)c1)C(=O)Nc1ccc(C(=O)O)cc1. The average Bonchev–Trinajstić information content (AvgIpc) is 3.00. The summed E-state index contributed by atoms with van der Waals surface area (Å²) in [7, 11) is 0. The first-order valence-electron chi connectivity index (χ1n) is 13.2. The second-order valence-electron chi connectivity index (χ2n) is 9.16. The summed E-state index contributed by atoms with van der Waals surface area (Å²) in [6.45, 7) is 1.90. The predicted octanol–water partition coefficient (Wildman–Crippen LogP) is 6.30. The molecule has 0 aliphatic rings. The Morgan fingerprint density at radius 3 is 2.07 bits per heavy atom. The monoisotopic (exact) mass is 579 g/mol. The van der Waals surface area contributed by atoms with Crippen molar-refractivity contribution in [2.75, 3.05) is 10.6 Å². The summed E-state index contributed by atoms with van der Waals surface area (Å²) in [6.07, 6.45) is 2.14. The average molecular weight is 580 g/mol. The molecule has 42 heavy (non-hydrogen) atoms. The first kappa shape index (κ1) is 29.8. The summed E-state index contributed by atoms with van der Waals surface area (Å²) in [5, 5.41) is 17.0. The van der Waals surface area contributed by atoms with Crippen LogP contribution in [0, 0.1) is 0 Å². The molecule has 0 aromatic heterocycles. The second-order valence-corrected chi connectivity index (χ2v) is 10.4. The Morgan fingerprint density at radius 2 is 1.43 bits per heavy atom. The molecule has 8 nitrogen and oxygen atoms in total. The number of rotatable bonds is 11. The van der Waals surface area contributed by atoms with Gasteiger partial charge in [-0.05, 0) is 72.7 Å². The molecule has 0 saturated carbocycles. The molecule has 0 spiro atoms. The normalized spacial score (nSPS) is 11.7. The standard InChI is InChI=1S/C33H29N3O5S/c1-2-29(32(39)34-25-18-16-24(17-19-25)33(40)41)42-27-15-9-14-26(21-27)35-31(38)28(20-22-10-5-3-6-11-22)36-30(37)23-12-7-4-8-13-23/h3-21,29H,2H2,1H3,(H,34,39)(H,35,38)(H,36,37)(H,40,41)/b28-20-. The van der Waals surface area contributed by atoms with Crippen molar-refractivity contribution in [3.8, 4) is 0 Å². The number of carboxylic acids is 1. The molecule has 0 heterocycles. The number of thioether (sulfide) groups is 1. The van der Waals surface area contributed by atoms with Crippen LogP contribution in [0.4, 0.5) is 11.4 Å². The summed E-state index contributed by atoms with van der Waals surface area (Å²) in [5.74, 6) is -2.17. The molecule has 1 atom stereocenters. The van der Waals surface area contributed by atoms with Crippen LogP contribution < -0.4 is 16.0 Å². The summed E-state index contributed by atoms with van der Waals surface area (Å²) in [5.41, 5.74) is 2.37. The van der Waals surface area contributed by atoms with Crippen molar-refractivity contribution in [1.29, 1.82) is 0 Å². The lowest BCUT2D eigenvalue weighted by atomic mass is 10.1. The smallest absolute Gasteiger partial charge is 0.335 e. The lowest BCUT2D eigenvalue weighted by Crippen LogP contribution is -2.30. The predicted molar refractivity (Wildman–Crippen MR) is 165 cm³/mol. The van der Waals surface area contributed by atoms with E-state index in [1.165, 1.54) is 23.9 Å². The van der Waals surface area contributed by atoms with Crippen LogP contribution in [0.15, 0.2) is 120 Å². The van der Waals surface area contributed by atoms with Crippen LogP contribution in [0.5, 0.6) is 0 Å². The molecule has 0 radical (unpaired) electrons. The van der Waals surface area contributed by atoms with Crippen LogP contribution in [0.3, 0.4) is 0 Å². The third-order valence-corrected chi connectivity index (χ3v) is 7.43. The molecular formula is C33H29N3O5S. The lowest BCUT2D eigenvalue weighted by Gasteiger charge is -2.16. The van der Waals surface area contributed by atoms with Gasteiger partial charge in [0.25, 0.3) is 11.8 Å². The Balaban J connectivity index is 1.46. The minimum atomic E-state index is -1.04. The number of aromatic carboxylic acids is 1. The first-order valence-corrected chi connectivity index (χ1v) is 14.1. The van der Waals surface area contributed by atoms with Gasteiger partial charge in [0.2, 0.25) is 5.91 Å². The molecule has 4 rings (SSSR count). The van der Waals surface area contributed by atoms with Gasteiger partial charge in [0, 0.05) is 21.8 Å². The van der Waals surface area contributed by atoms with Crippen molar-refractivity contribution in [2.45, 2.75) is 23.5 Å². The number of carbonyl (C=O) groups excluding carboxylic acids is 3. The largest absolute Gasteiger partial charge is 0.478 e. The van der Waals surface area contributed by atoms with Gasteiger partial charge in [0.15, 0.2) is 0 Å². The molecule has 3 amide bonds. The van der Waals surface area contributed by atoms with Crippen LogP contribution in [-0.4, -0.2) is 34.0 Å². The van der Waals surface area contributed by atoms with Crippen molar-refractivity contribution in [3.63, 3.8) is 0 Å². The van der Waals surface area contributed by atoms with Gasteiger partial charge in [-0.3, -0.25) is 14.4 Å². The molecule has 0 fully saturated rings. The maximum absolute atomic E-state index is 13.3. The van der Waals surface area contributed by atoms with Gasteiger partial charge in [-0.2, -0.15) is 0 Å². The lowest BCUT2D eigenvalue weighted by molar-refractivity contribution is -0.116. The van der Waals surface area contributed by atoms with Crippen molar-refractivity contribution in [1.82, 2.24) is 5.32 Å². The maximum atomic E-state index is 13.3. The van der Waals surface area contributed by atoms with Gasteiger partial charge in [-0.25, -0.2) is 4.79 Å². The van der Waals surface area contributed by atoms with E-state index in [0.29, 0.717) is 23.4 Å². The number of carbonyl (C=O) groups is 4. The van der Waals surface area contributed by atoms with Crippen LogP contribution in [-0.2, 0) is 9.59 Å². The quantitative estimate of drug-likeness (QED) is 0.122. The summed E-state index contributed by atoms with van der Waals surface area (Å²) >= 11 is 1.34. The highest BCUT2D eigenvalue weighted by molar-refractivity contribution is 8.00. The molecule has 0 saturated heterocycles. The summed E-state index contributed by atoms with van der Waals surface area (Å²) in [6, 6.07) is 30.9. The topological polar surface area (TPSA) is 125 Å². The molecule has 4 aromatic rings. The van der Waals surface area contributed by atoms with Crippen LogP contribution >= 0.6 is 11.8 Å². The third-order valence-electron chi connectivity index (χ3n) is 6.07. The fourth-order valence-corrected chi connectivity index (χ4v) is 4.92.